The van der Waals surface area contributed by atoms with Gasteiger partial charge in [-0.1, -0.05) is 0 Å². The molecule has 0 aliphatic carbocycles. The van der Waals surface area contributed by atoms with Crippen LogP contribution in [0.25, 0.3) is 5.70 Å². The second-order valence-electron chi connectivity index (χ2n) is 8.05. The first-order valence-electron chi connectivity index (χ1n) is 10.2. The third-order valence-corrected chi connectivity index (χ3v) is 9.38. The van der Waals surface area contributed by atoms with Gasteiger partial charge in [-0.25, -0.2) is 0 Å². The number of amides is 1. The van der Waals surface area contributed by atoms with Crippen LogP contribution in [0.3, 0.4) is 0 Å². The molecular formula is C26H22Cl2FNOSe. The van der Waals surface area contributed by atoms with Gasteiger partial charge >= 0.3 is 205 Å². The number of halogens is 3. The summed E-state index contributed by atoms with van der Waals surface area (Å²) in [7, 11) is 0. The summed E-state index contributed by atoms with van der Waals surface area (Å²) in [5.41, 5.74) is 3.12. The Morgan fingerprint density at radius 3 is 2.31 bits per heavy atom. The van der Waals surface area contributed by atoms with Crippen LogP contribution in [0.15, 0.2) is 78.4 Å². The molecule has 0 saturated heterocycles. The van der Waals surface area contributed by atoms with Gasteiger partial charge in [0.05, 0.1) is 0 Å². The maximum atomic E-state index is 13.8. The molecular weight excluding hydrogens is 511 g/mol. The van der Waals surface area contributed by atoms with Gasteiger partial charge < -0.3 is 0 Å². The third-order valence-electron chi connectivity index (χ3n) is 5.89. The fraction of sp³-hybridized carbons (Fsp3) is 0.192. The molecule has 1 aliphatic heterocycles. The van der Waals surface area contributed by atoms with E-state index in [0.717, 1.165) is 26.9 Å². The summed E-state index contributed by atoms with van der Waals surface area (Å²) in [6.45, 7) is 4.50. The van der Waals surface area contributed by atoms with E-state index >= 15 is 0 Å². The van der Waals surface area contributed by atoms with E-state index in [0.29, 0.717) is 21.9 Å². The SMILES string of the molecule is CC1=C(c2ccc(F)cc2)N(Cc2ccccc2)C(=O)C1(C)C[Se]c1ccc(Cl)c(Cl)c1. The van der Waals surface area contributed by atoms with Gasteiger partial charge in [-0.15, -0.1) is 0 Å². The molecule has 4 rings (SSSR count). The minimum absolute atomic E-state index is 0.0244. The summed E-state index contributed by atoms with van der Waals surface area (Å²) >= 11 is 12.3. The molecule has 0 N–H and O–H groups in total. The second-order valence-corrected chi connectivity index (χ2v) is 11.1. The van der Waals surface area contributed by atoms with Crippen molar-refractivity contribution in [1.82, 2.24) is 4.90 Å². The number of carbonyl (C=O) groups is 1. The number of hydrogen-bond donors (Lipinski definition) is 0. The van der Waals surface area contributed by atoms with Crippen LogP contribution in [0.4, 0.5) is 4.39 Å². The number of nitrogens with zero attached hydrogens (tertiary/aromatic N) is 1. The molecule has 3 aromatic carbocycles. The van der Waals surface area contributed by atoms with Gasteiger partial charge in [0.1, 0.15) is 0 Å². The molecule has 0 bridgehead atoms. The van der Waals surface area contributed by atoms with Gasteiger partial charge in [0.25, 0.3) is 0 Å². The Bertz CT molecular complexity index is 1180. The molecule has 0 aromatic heterocycles. The van der Waals surface area contributed by atoms with Crippen LogP contribution in [0.1, 0.15) is 25.0 Å². The zero-order chi connectivity index (χ0) is 22.9. The van der Waals surface area contributed by atoms with Crippen molar-refractivity contribution in [2.24, 2.45) is 5.41 Å². The second kappa shape index (κ2) is 9.41. The maximum absolute atomic E-state index is 13.8. The molecule has 1 unspecified atom stereocenters. The van der Waals surface area contributed by atoms with Crippen molar-refractivity contribution in [3.05, 3.63) is 105 Å². The zero-order valence-electron chi connectivity index (χ0n) is 17.7. The predicted octanol–water partition coefficient (Wildman–Crippen LogP) is 6.36. The molecule has 1 aliphatic rings. The van der Waals surface area contributed by atoms with E-state index in [2.05, 4.69) is 0 Å². The number of carbonyl (C=O) groups excluding carboxylic acids is 1. The van der Waals surface area contributed by atoms with Crippen molar-refractivity contribution in [3.63, 3.8) is 0 Å². The number of benzene rings is 3. The number of rotatable bonds is 6. The molecule has 0 radical (unpaired) electrons. The van der Waals surface area contributed by atoms with Crippen molar-refractivity contribution >= 4 is 54.2 Å². The molecule has 164 valence electrons. The van der Waals surface area contributed by atoms with E-state index in [1.807, 2.05) is 61.2 Å². The molecule has 3 aromatic rings. The third kappa shape index (κ3) is 4.51. The van der Waals surface area contributed by atoms with E-state index < -0.39 is 5.41 Å². The van der Waals surface area contributed by atoms with E-state index in [1.54, 1.807) is 18.2 Å². The number of hydrogen-bond acceptors (Lipinski definition) is 1. The van der Waals surface area contributed by atoms with Gasteiger partial charge in [0, 0.05) is 0 Å². The van der Waals surface area contributed by atoms with Crippen LogP contribution in [-0.4, -0.2) is 25.8 Å². The predicted molar refractivity (Wildman–Crippen MR) is 131 cm³/mol. The molecule has 32 heavy (non-hydrogen) atoms. The fourth-order valence-corrected chi connectivity index (χ4v) is 6.77. The van der Waals surface area contributed by atoms with Crippen LogP contribution in [0.5, 0.6) is 0 Å². The van der Waals surface area contributed by atoms with Crippen molar-refractivity contribution in [1.29, 1.82) is 0 Å². The first-order valence-corrected chi connectivity index (χ1v) is 13.0. The van der Waals surface area contributed by atoms with Crippen molar-refractivity contribution in [3.8, 4) is 0 Å². The molecule has 2 nitrogen and oxygen atoms in total. The van der Waals surface area contributed by atoms with E-state index in [1.165, 1.54) is 12.1 Å². The normalized spacial score (nSPS) is 18.5. The molecule has 1 heterocycles. The summed E-state index contributed by atoms with van der Waals surface area (Å²) in [5, 5.41) is 1.75. The molecule has 1 atom stereocenters. The molecule has 0 spiro atoms. The Morgan fingerprint density at radius 1 is 0.969 bits per heavy atom. The zero-order valence-corrected chi connectivity index (χ0v) is 21.0. The standard InChI is InChI=1S/C26H22Cl2FNOSe/c1-17-24(19-8-10-20(29)11-9-19)30(15-18-6-4-3-5-7-18)25(31)26(17,2)16-32-21-12-13-22(27)23(28)14-21/h3-14H,15-16H2,1-2H3. The Hall–Kier alpha value is -2.10. The van der Waals surface area contributed by atoms with Crippen molar-refractivity contribution < 1.29 is 9.18 Å². The van der Waals surface area contributed by atoms with Gasteiger partial charge in [0.2, 0.25) is 0 Å². The summed E-state index contributed by atoms with van der Waals surface area (Å²) in [6.07, 6.45) is 0. The van der Waals surface area contributed by atoms with Gasteiger partial charge in [0.15, 0.2) is 0 Å². The molecule has 0 fully saturated rings. The summed E-state index contributed by atoms with van der Waals surface area (Å²) in [5.74, 6) is -0.225. The Kier molecular flexibility index (Phi) is 6.78. The van der Waals surface area contributed by atoms with Crippen LogP contribution < -0.4 is 4.46 Å². The van der Waals surface area contributed by atoms with Gasteiger partial charge in [-0.05, 0) is 0 Å². The molecule has 6 heteroatoms. The summed E-state index contributed by atoms with van der Waals surface area (Å²) < 4.78 is 14.7. The first kappa shape index (κ1) is 23.1. The fourth-order valence-electron chi connectivity index (χ4n) is 3.88. The average molecular weight is 533 g/mol. The Morgan fingerprint density at radius 2 is 1.66 bits per heavy atom. The Labute approximate surface area is 204 Å². The van der Waals surface area contributed by atoms with Crippen LogP contribution in [0.2, 0.25) is 15.4 Å². The van der Waals surface area contributed by atoms with Crippen LogP contribution in [0, 0.1) is 11.2 Å². The van der Waals surface area contributed by atoms with Crippen LogP contribution >= 0.6 is 23.2 Å². The minimum atomic E-state index is -0.648. The average Bonchev–Trinajstić information content (AvgIpc) is 2.97. The topological polar surface area (TPSA) is 20.3 Å². The summed E-state index contributed by atoms with van der Waals surface area (Å²) in [6, 6.07) is 22.0. The van der Waals surface area contributed by atoms with E-state index in [9.17, 15) is 9.18 Å². The van der Waals surface area contributed by atoms with E-state index in [4.69, 9.17) is 23.2 Å². The van der Waals surface area contributed by atoms with Crippen molar-refractivity contribution in [2.75, 3.05) is 0 Å². The molecule has 0 saturated carbocycles. The van der Waals surface area contributed by atoms with E-state index in [-0.39, 0.29) is 26.7 Å². The van der Waals surface area contributed by atoms with Gasteiger partial charge in [-0.3, -0.25) is 0 Å². The molecule has 1 amide bonds. The monoisotopic (exact) mass is 533 g/mol. The summed E-state index contributed by atoms with van der Waals surface area (Å²) in [4.78, 5) is 15.7. The first-order chi connectivity index (χ1) is 15.3. The quantitative estimate of drug-likeness (QED) is 0.338. The Balaban J connectivity index is 1.70. The van der Waals surface area contributed by atoms with Gasteiger partial charge in [-0.2, -0.15) is 0 Å². The van der Waals surface area contributed by atoms with Crippen molar-refractivity contribution in [2.45, 2.75) is 25.7 Å². The van der Waals surface area contributed by atoms with Crippen LogP contribution in [-0.2, 0) is 11.3 Å².